The van der Waals surface area contributed by atoms with Gasteiger partial charge in [0.25, 0.3) is 0 Å². The van der Waals surface area contributed by atoms with Crippen LogP contribution in [0.15, 0.2) is 33.4 Å². The third-order valence-electron chi connectivity index (χ3n) is 1.79. The molecule has 0 spiro atoms. The normalized spacial score (nSPS) is 10.2. The van der Waals surface area contributed by atoms with Gasteiger partial charge in [-0.05, 0) is 22.4 Å². The molecular weight excluding hydrogens is 264 g/mol. The lowest BCUT2D eigenvalue weighted by Gasteiger charge is -1.96. The number of halogens is 1. The Bertz CT molecular complexity index is 510. The SMILES string of the molecule is O=C(O)c1nonc1-c1cccc(Br)c1. The van der Waals surface area contributed by atoms with Crippen LogP contribution in [0.25, 0.3) is 11.3 Å². The molecule has 0 aliphatic rings. The van der Waals surface area contributed by atoms with Crippen molar-refractivity contribution in [1.82, 2.24) is 10.3 Å². The summed E-state index contributed by atoms with van der Waals surface area (Å²) in [6.07, 6.45) is 0. The first kappa shape index (κ1) is 9.85. The van der Waals surface area contributed by atoms with Crippen molar-refractivity contribution in [1.29, 1.82) is 0 Å². The summed E-state index contributed by atoms with van der Waals surface area (Å²) in [5, 5.41) is 15.7. The number of aromatic nitrogens is 2. The van der Waals surface area contributed by atoms with Crippen molar-refractivity contribution in [3.63, 3.8) is 0 Å². The number of rotatable bonds is 2. The van der Waals surface area contributed by atoms with Gasteiger partial charge in [-0.3, -0.25) is 0 Å². The number of hydrogen-bond acceptors (Lipinski definition) is 4. The standard InChI is InChI=1S/C9H5BrN2O3/c10-6-3-1-2-5(4-6)7-8(9(13)14)12-15-11-7/h1-4H,(H,13,14). The number of carboxylic acids is 1. The molecule has 1 aromatic heterocycles. The minimum Gasteiger partial charge on any atom is -0.476 e. The van der Waals surface area contributed by atoms with E-state index >= 15 is 0 Å². The summed E-state index contributed by atoms with van der Waals surface area (Å²) in [4.78, 5) is 10.8. The first-order valence-corrected chi connectivity index (χ1v) is 4.79. The zero-order valence-electron chi connectivity index (χ0n) is 7.35. The molecule has 15 heavy (non-hydrogen) atoms. The van der Waals surface area contributed by atoms with Crippen LogP contribution in [0.4, 0.5) is 0 Å². The lowest BCUT2D eigenvalue weighted by molar-refractivity contribution is 0.0685. The minimum absolute atomic E-state index is 0.187. The van der Waals surface area contributed by atoms with Gasteiger partial charge in [0.05, 0.1) is 0 Å². The monoisotopic (exact) mass is 268 g/mol. The van der Waals surface area contributed by atoms with Crippen molar-refractivity contribution >= 4 is 21.9 Å². The largest absolute Gasteiger partial charge is 0.476 e. The van der Waals surface area contributed by atoms with Gasteiger partial charge in [-0.15, -0.1) is 0 Å². The topological polar surface area (TPSA) is 76.2 Å². The van der Waals surface area contributed by atoms with Crippen LogP contribution in [-0.2, 0) is 0 Å². The second kappa shape index (κ2) is 3.82. The van der Waals surface area contributed by atoms with Gasteiger partial charge in [0.15, 0.2) is 0 Å². The van der Waals surface area contributed by atoms with Gasteiger partial charge in [-0.25, -0.2) is 9.42 Å². The first-order valence-electron chi connectivity index (χ1n) is 4.00. The molecule has 1 N–H and O–H groups in total. The molecule has 1 aromatic carbocycles. The van der Waals surface area contributed by atoms with Crippen molar-refractivity contribution in [2.45, 2.75) is 0 Å². The maximum atomic E-state index is 10.8. The summed E-state index contributed by atoms with van der Waals surface area (Å²) >= 11 is 3.28. The number of nitrogens with zero attached hydrogens (tertiary/aromatic N) is 2. The van der Waals surface area contributed by atoms with Crippen molar-refractivity contribution in [3.8, 4) is 11.3 Å². The molecule has 0 radical (unpaired) electrons. The summed E-state index contributed by atoms with van der Waals surface area (Å²) in [5.74, 6) is -1.16. The highest BCUT2D eigenvalue weighted by molar-refractivity contribution is 9.10. The third-order valence-corrected chi connectivity index (χ3v) is 2.28. The van der Waals surface area contributed by atoms with Gasteiger partial charge < -0.3 is 5.11 Å². The van der Waals surface area contributed by atoms with Gasteiger partial charge in [0, 0.05) is 10.0 Å². The fourth-order valence-corrected chi connectivity index (χ4v) is 1.55. The molecule has 6 heteroatoms. The molecule has 0 amide bonds. The summed E-state index contributed by atoms with van der Waals surface area (Å²) in [6, 6.07) is 7.08. The second-order valence-corrected chi connectivity index (χ2v) is 3.69. The zero-order chi connectivity index (χ0) is 10.8. The van der Waals surface area contributed by atoms with Crippen molar-refractivity contribution in [2.75, 3.05) is 0 Å². The maximum absolute atomic E-state index is 10.8. The Balaban J connectivity index is 2.54. The molecule has 2 aromatic rings. The second-order valence-electron chi connectivity index (χ2n) is 2.78. The average Bonchev–Trinajstić information content (AvgIpc) is 2.65. The molecule has 2 rings (SSSR count). The predicted molar refractivity (Wildman–Crippen MR) is 54.4 cm³/mol. The van der Waals surface area contributed by atoms with E-state index in [1.807, 2.05) is 6.07 Å². The summed E-state index contributed by atoms with van der Waals surface area (Å²) in [5.41, 5.74) is 0.680. The summed E-state index contributed by atoms with van der Waals surface area (Å²) in [6.45, 7) is 0. The van der Waals surface area contributed by atoms with Gasteiger partial charge in [-0.1, -0.05) is 28.1 Å². The van der Waals surface area contributed by atoms with E-state index in [0.717, 1.165) is 4.47 Å². The van der Waals surface area contributed by atoms with E-state index in [-0.39, 0.29) is 11.4 Å². The Hall–Kier alpha value is -1.69. The maximum Gasteiger partial charge on any atom is 0.360 e. The van der Waals surface area contributed by atoms with Crippen LogP contribution in [0.2, 0.25) is 0 Å². The van der Waals surface area contributed by atoms with Crippen molar-refractivity contribution in [2.24, 2.45) is 0 Å². The predicted octanol–water partition coefficient (Wildman–Crippen LogP) is 2.20. The number of aromatic carboxylic acids is 1. The van der Waals surface area contributed by atoms with Crippen LogP contribution in [0.3, 0.4) is 0 Å². The summed E-state index contributed by atoms with van der Waals surface area (Å²) in [7, 11) is 0. The third kappa shape index (κ3) is 1.89. The average molecular weight is 269 g/mol. The Labute approximate surface area is 92.8 Å². The van der Waals surface area contributed by atoms with Crippen LogP contribution in [0.1, 0.15) is 10.5 Å². The lowest BCUT2D eigenvalue weighted by Crippen LogP contribution is -1.98. The molecular formula is C9H5BrN2O3. The number of carboxylic acid groups (broad SMARTS) is 1. The number of hydrogen-bond donors (Lipinski definition) is 1. The van der Waals surface area contributed by atoms with E-state index in [2.05, 4.69) is 30.9 Å². The van der Waals surface area contributed by atoms with E-state index in [1.165, 1.54) is 0 Å². The van der Waals surface area contributed by atoms with Crippen LogP contribution >= 0.6 is 15.9 Å². The lowest BCUT2D eigenvalue weighted by atomic mass is 10.1. The molecule has 5 nitrogen and oxygen atoms in total. The van der Waals surface area contributed by atoms with E-state index in [4.69, 9.17) is 5.11 Å². The smallest absolute Gasteiger partial charge is 0.360 e. The molecule has 0 saturated heterocycles. The molecule has 0 bridgehead atoms. The fourth-order valence-electron chi connectivity index (χ4n) is 1.15. The van der Waals surface area contributed by atoms with E-state index < -0.39 is 5.97 Å². The highest BCUT2D eigenvalue weighted by Crippen LogP contribution is 2.23. The Morgan fingerprint density at radius 3 is 2.87 bits per heavy atom. The van der Waals surface area contributed by atoms with Gasteiger partial charge >= 0.3 is 5.97 Å². The van der Waals surface area contributed by atoms with Crippen molar-refractivity contribution < 1.29 is 14.5 Å². The van der Waals surface area contributed by atoms with Crippen LogP contribution < -0.4 is 0 Å². The van der Waals surface area contributed by atoms with Gasteiger partial charge in [0.1, 0.15) is 5.69 Å². The number of benzene rings is 1. The van der Waals surface area contributed by atoms with E-state index in [9.17, 15) is 4.79 Å². The highest BCUT2D eigenvalue weighted by atomic mass is 79.9. The molecule has 0 unspecified atom stereocenters. The first-order chi connectivity index (χ1) is 7.18. The molecule has 0 aliphatic carbocycles. The Morgan fingerprint density at radius 2 is 2.20 bits per heavy atom. The molecule has 0 atom stereocenters. The fraction of sp³-hybridized carbons (Fsp3) is 0. The van der Waals surface area contributed by atoms with Crippen LogP contribution in [-0.4, -0.2) is 21.4 Å². The molecule has 0 fully saturated rings. The Morgan fingerprint density at radius 1 is 1.40 bits per heavy atom. The molecule has 0 saturated carbocycles. The van der Waals surface area contributed by atoms with Gasteiger partial charge in [0.2, 0.25) is 5.69 Å². The van der Waals surface area contributed by atoms with E-state index in [0.29, 0.717) is 5.56 Å². The molecule has 0 aliphatic heterocycles. The minimum atomic E-state index is -1.16. The van der Waals surface area contributed by atoms with Crippen LogP contribution in [0.5, 0.6) is 0 Å². The van der Waals surface area contributed by atoms with E-state index in [1.54, 1.807) is 18.2 Å². The zero-order valence-corrected chi connectivity index (χ0v) is 8.93. The van der Waals surface area contributed by atoms with Crippen molar-refractivity contribution in [3.05, 3.63) is 34.4 Å². The van der Waals surface area contributed by atoms with Gasteiger partial charge in [-0.2, -0.15) is 0 Å². The highest BCUT2D eigenvalue weighted by Gasteiger charge is 2.18. The number of carbonyl (C=O) groups is 1. The Kier molecular flexibility index (Phi) is 2.51. The molecule has 76 valence electrons. The van der Waals surface area contributed by atoms with Crippen LogP contribution in [0, 0.1) is 0 Å². The summed E-state index contributed by atoms with van der Waals surface area (Å²) < 4.78 is 5.24. The molecule has 1 heterocycles. The quantitative estimate of drug-likeness (QED) is 0.904.